The van der Waals surface area contributed by atoms with Crippen LogP contribution in [-0.2, 0) is 11.3 Å². The first-order valence-corrected chi connectivity index (χ1v) is 7.84. The lowest BCUT2D eigenvalue weighted by Gasteiger charge is -2.32. The van der Waals surface area contributed by atoms with Crippen molar-refractivity contribution >= 4 is 11.6 Å². The molecule has 0 unspecified atom stereocenters. The van der Waals surface area contributed by atoms with Gasteiger partial charge in [-0.05, 0) is 43.0 Å². The van der Waals surface area contributed by atoms with Gasteiger partial charge in [0.25, 0.3) is 0 Å². The zero-order valence-electron chi connectivity index (χ0n) is 13.4. The summed E-state index contributed by atoms with van der Waals surface area (Å²) < 4.78 is 0. The summed E-state index contributed by atoms with van der Waals surface area (Å²) in [6, 6.07) is 7.15. The standard InChI is InChI=1S/C17H27N3O/c1-12(2)19-11-15-4-5-16(10-13(15)3)20-8-6-14(7-9-20)17(18)21/h4-5,10,12,14,19H,6-9,11H2,1-3H3,(H2,18,21). The minimum Gasteiger partial charge on any atom is -0.371 e. The average Bonchev–Trinajstić information content (AvgIpc) is 2.46. The first-order valence-electron chi connectivity index (χ1n) is 7.84. The third-order valence-electron chi connectivity index (χ3n) is 4.29. The SMILES string of the molecule is Cc1cc(N2CCC(C(N)=O)CC2)ccc1CNC(C)C. The van der Waals surface area contributed by atoms with E-state index in [0.29, 0.717) is 6.04 Å². The van der Waals surface area contributed by atoms with Crippen LogP contribution in [0.1, 0.15) is 37.8 Å². The van der Waals surface area contributed by atoms with E-state index >= 15 is 0 Å². The Kier molecular flexibility index (Phi) is 5.23. The minimum absolute atomic E-state index is 0.0526. The molecule has 1 fully saturated rings. The quantitative estimate of drug-likeness (QED) is 0.873. The number of nitrogens with zero attached hydrogens (tertiary/aromatic N) is 1. The second kappa shape index (κ2) is 6.94. The Hall–Kier alpha value is -1.55. The highest BCUT2D eigenvalue weighted by Crippen LogP contribution is 2.25. The molecule has 0 atom stereocenters. The van der Waals surface area contributed by atoms with Crippen molar-refractivity contribution in [2.24, 2.45) is 11.7 Å². The largest absolute Gasteiger partial charge is 0.371 e. The van der Waals surface area contributed by atoms with Crippen molar-refractivity contribution in [1.82, 2.24) is 5.32 Å². The summed E-state index contributed by atoms with van der Waals surface area (Å²) in [5.74, 6) is -0.0993. The van der Waals surface area contributed by atoms with Crippen LogP contribution in [0.15, 0.2) is 18.2 Å². The zero-order valence-corrected chi connectivity index (χ0v) is 13.4. The van der Waals surface area contributed by atoms with E-state index in [9.17, 15) is 4.79 Å². The first-order chi connectivity index (χ1) is 9.97. The number of anilines is 1. The van der Waals surface area contributed by atoms with Gasteiger partial charge in [-0.25, -0.2) is 0 Å². The molecule has 2 rings (SSSR count). The van der Waals surface area contributed by atoms with E-state index in [2.05, 4.69) is 49.2 Å². The minimum atomic E-state index is -0.152. The summed E-state index contributed by atoms with van der Waals surface area (Å²) in [4.78, 5) is 13.6. The summed E-state index contributed by atoms with van der Waals surface area (Å²) in [7, 11) is 0. The Morgan fingerprint density at radius 1 is 1.38 bits per heavy atom. The van der Waals surface area contributed by atoms with Crippen molar-refractivity contribution < 1.29 is 4.79 Å². The molecule has 1 amide bonds. The normalized spacial score (nSPS) is 16.5. The number of primary amides is 1. The fraction of sp³-hybridized carbons (Fsp3) is 0.588. The number of carbonyl (C=O) groups excluding carboxylic acids is 1. The fourth-order valence-corrected chi connectivity index (χ4v) is 2.81. The molecule has 1 aliphatic heterocycles. The second-order valence-electron chi connectivity index (χ2n) is 6.31. The monoisotopic (exact) mass is 289 g/mol. The molecule has 3 N–H and O–H groups in total. The van der Waals surface area contributed by atoms with E-state index in [4.69, 9.17) is 5.73 Å². The van der Waals surface area contributed by atoms with E-state index in [1.165, 1.54) is 16.8 Å². The van der Waals surface area contributed by atoms with Crippen LogP contribution in [0.2, 0.25) is 0 Å². The van der Waals surface area contributed by atoms with Crippen molar-refractivity contribution in [2.45, 2.75) is 46.2 Å². The fourth-order valence-electron chi connectivity index (χ4n) is 2.81. The topological polar surface area (TPSA) is 58.4 Å². The smallest absolute Gasteiger partial charge is 0.220 e. The van der Waals surface area contributed by atoms with Crippen LogP contribution in [-0.4, -0.2) is 25.0 Å². The van der Waals surface area contributed by atoms with Gasteiger partial charge in [-0.3, -0.25) is 4.79 Å². The maximum atomic E-state index is 11.2. The number of hydrogen-bond donors (Lipinski definition) is 2. The lowest BCUT2D eigenvalue weighted by atomic mass is 9.95. The molecule has 1 saturated heterocycles. The highest BCUT2D eigenvalue weighted by molar-refractivity contribution is 5.77. The number of hydrogen-bond acceptors (Lipinski definition) is 3. The van der Waals surface area contributed by atoms with E-state index in [1.54, 1.807) is 0 Å². The maximum Gasteiger partial charge on any atom is 0.220 e. The van der Waals surface area contributed by atoms with Gasteiger partial charge < -0.3 is 16.0 Å². The Bertz CT molecular complexity index is 491. The second-order valence-corrected chi connectivity index (χ2v) is 6.31. The lowest BCUT2D eigenvalue weighted by Crippen LogP contribution is -2.38. The van der Waals surface area contributed by atoms with Gasteiger partial charge in [-0.2, -0.15) is 0 Å². The van der Waals surface area contributed by atoms with E-state index in [1.807, 2.05) is 0 Å². The molecule has 4 heteroatoms. The Morgan fingerprint density at radius 3 is 2.57 bits per heavy atom. The maximum absolute atomic E-state index is 11.2. The summed E-state index contributed by atoms with van der Waals surface area (Å²) in [6.45, 7) is 9.22. The summed E-state index contributed by atoms with van der Waals surface area (Å²) in [6.07, 6.45) is 1.73. The number of aryl methyl sites for hydroxylation is 1. The average molecular weight is 289 g/mol. The van der Waals surface area contributed by atoms with Gasteiger partial charge in [-0.1, -0.05) is 19.9 Å². The molecule has 0 spiro atoms. The Balaban J connectivity index is 1.99. The molecule has 4 nitrogen and oxygen atoms in total. The highest BCUT2D eigenvalue weighted by Gasteiger charge is 2.23. The van der Waals surface area contributed by atoms with E-state index in [-0.39, 0.29) is 11.8 Å². The molecule has 1 heterocycles. The van der Waals surface area contributed by atoms with Crippen LogP contribution in [0.3, 0.4) is 0 Å². The van der Waals surface area contributed by atoms with E-state index < -0.39 is 0 Å². The summed E-state index contributed by atoms with van der Waals surface area (Å²) in [5.41, 5.74) is 9.31. The molecule has 0 radical (unpaired) electrons. The molecule has 1 aromatic rings. The number of nitrogens with one attached hydrogen (secondary N) is 1. The molecule has 0 aliphatic carbocycles. The molecular weight excluding hydrogens is 262 g/mol. The van der Waals surface area contributed by atoms with Crippen LogP contribution in [0.5, 0.6) is 0 Å². The van der Waals surface area contributed by atoms with Crippen LogP contribution < -0.4 is 16.0 Å². The van der Waals surface area contributed by atoms with Gasteiger partial charge in [0.1, 0.15) is 0 Å². The Labute approximate surface area is 127 Å². The summed E-state index contributed by atoms with van der Waals surface area (Å²) in [5, 5.41) is 3.45. The lowest BCUT2D eigenvalue weighted by molar-refractivity contribution is -0.122. The van der Waals surface area contributed by atoms with Gasteiger partial charge >= 0.3 is 0 Å². The molecule has 0 bridgehead atoms. The van der Waals surface area contributed by atoms with Gasteiger partial charge in [0.15, 0.2) is 0 Å². The van der Waals surface area contributed by atoms with Crippen LogP contribution in [0.4, 0.5) is 5.69 Å². The molecule has 0 saturated carbocycles. The predicted octanol–water partition coefficient (Wildman–Crippen LogP) is 2.19. The number of carbonyl (C=O) groups is 1. The van der Waals surface area contributed by atoms with Gasteiger partial charge in [0.2, 0.25) is 5.91 Å². The zero-order chi connectivity index (χ0) is 15.4. The molecule has 1 aromatic carbocycles. The molecule has 21 heavy (non-hydrogen) atoms. The van der Waals surface area contributed by atoms with Crippen molar-refractivity contribution in [3.05, 3.63) is 29.3 Å². The number of benzene rings is 1. The van der Waals surface area contributed by atoms with E-state index in [0.717, 1.165) is 32.5 Å². The number of nitrogens with two attached hydrogens (primary N) is 1. The summed E-state index contributed by atoms with van der Waals surface area (Å²) >= 11 is 0. The third-order valence-corrected chi connectivity index (χ3v) is 4.29. The Morgan fingerprint density at radius 2 is 2.05 bits per heavy atom. The number of piperidine rings is 1. The van der Waals surface area contributed by atoms with Gasteiger partial charge in [0.05, 0.1) is 0 Å². The highest BCUT2D eigenvalue weighted by atomic mass is 16.1. The van der Waals surface area contributed by atoms with Gasteiger partial charge in [0, 0.05) is 37.3 Å². The molecule has 1 aliphatic rings. The molecule has 0 aromatic heterocycles. The van der Waals surface area contributed by atoms with Crippen molar-refractivity contribution in [3.63, 3.8) is 0 Å². The third kappa shape index (κ3) is 4.21. The first kappa shape index (κ1) is 15.8. The van der Waals surface area contributed by atoms with Crippen molar-refractivity contribution in [3.8, 4) is 0 Å². The van der Waals surface area contributed by atoms with Crippen molar-refractivity contribution in [2.75, 3.05) is 18.0 Å². The number of amides is 1. The van der Waals surface area contributed by atoms with Crippen LogP contribution in [0.25, 0.3) is 0 Å². The van der Waals surface area contributed by atoms with Gasteiger partial charge in [-0.15, -0.1) is 0 Å². The molecule has 116 valence electrons. The molecular formula is C17H27N3O. The van der Waals surface area contributed by atoms with Crippen LogP contribution >= 0.6 is 0 Å². The van der Waals surface area contributed by atoms with Crippen LogP contribution in [0, 0.1) is 12.8 Å². The van der Waals surface area contributed by atoms with Crippen molar-refractivity contribution in [1.29, 1.82) is 0 Å². The number of rotatable bonds is 5. The predicted molar refractivity (Wildman–Crippen MR) is 87.3 cm³/mol.